The molecular formula is C32H20Cl2F6N8O3. The van der Waals surface area contributed by atoms with Crippen molar-refractivity contribution in [3.63, 3.8) is 0 Å². The van der Waals surface area contributed by atoms with Gasteiger partial charge in [0.05, 0.1) is 15.7 Å². The summed E-state index contributed by atoms with van der Waals surface area (Å²) in [7, 11) is 0. The van der Waals surface area contributed by atoms with Crippen LogP contribution in [-0.4, -0.2) is 53.0 Å². The first kappa shape index (κ1) is 35.3. The van der Waals surface area contributed by atoms with E-state index < -0.39 is 48.8 Å². The molecule has 0 saturated heterocycles. The maximum atomic E-state index is 14.1. The Kier molecular flexibility index (Phi) is 9.68. The Hall–Kier alpha value is -5.55. The second kappa shape index (κ2) is 14.0. The number of ether oxygens (including phenoxy) is 1. The predicted molar refractivity (Wildman–Crippen MR) is 170 cm³/mol. The van der Waals surface area contributed by atoms with E-state index in [0.29, 0.717) is 15.6 Å². The molecule has 1 N–H and O–H groups in total. The third-order valence-electron chi connectivity index (χ3n) is 7.30. The van der Waals surface area contributed by atoms with Crippen molar-refractivity contribution in [1.82, 2.24) is 40.3 Å². The van der Waals surface area contributed by atoms with Crippen LogP contribution in [-0.2, 0) is 25.7 Å². The molecule has 0 aliphatic rings. The number of amides is 1. The number of Topliss-reactive ketones (excluding diaryl/α,β-unsaturated/α-hetero) is 1. The number of carbonyl (C=O) groups excluding carboxylic acids is 2. The first-order chi connectivity index (χ1) is 24.2. The number of halogens is 8. The quantitative estimate of drug-likeness (QED) is 0.117. The van der Waals surface area contributed by atoms with Crippen molar-refractivity contribution in [2.24, 2.45) is 0 Å². The lowest BCUT2D eigenvalue weighted by atomic mass is 9.95. The van der Waals surface area contributed by atoms with Crippen molar-refractivity contribution in [2.45, 2.75) is 32.0 Å². The molecule has 6 rings (SSSR count). The molecule has 11 nitrogen and oxygen atoms in total. The first-order valence-electron chi connectivity index (χ1n) is 14.6. The van der Waals surface area contributed by atoms with Gasteiger partial charge in [-0.3, -0.25) is 9.59 Å². The molecule has 51 heavy (non-hydrogen) atoms. The number of hydrogen-bond donors (Lipinski definition) is 1. The smallest absolute Gasteiger partial charge is 0.405 e. The second-order valence-corrected chi connectivity index (χ2v) is 11.5. The Morgan fingerprint density at radius 1 is 0.902 bits per heavy atom. The Morgan fingerprint density at radius 2 is 1.65 bits per heavy atom. The monoisotopic (exact) mass is 748 g/mol. The van der Waals surface area contributed by atoms with Crippen molar-refractivity contribution in [3.05, 3.63) is 123 Å². The summed E-state index contributed by atoms with van der Waals surface area (Å²) in [5.41, 5.74) is -0.0357. The fourth-order valence-corrected chi connectivity index (χ4v) is 5.63. The highest BCUT2D eigenvalue weighted by atomic mass is 35.5. The van der Waals surface area contributed by atoms with Crippen LogP contribution < -0.4 is 10.1 Å². The summed E-state index contributed by atoms with van der Waals surface area (Å²) in [5, 5.41) is 17.8. The highest BCUT2D eigenvalue weighted by molar-refractivity contribution is 6.37. The molecule has 0 aliphatic carbocycles. The minimum Gasteiger partial charge on any atom is -0.405 e. The van der Waals surface area contributed by atoms with E-state index in [0.717, 1.165) is 10.7 Å². The molecule has 3 aromatic heterocycles. The third-order valence-corrected chi connectivity index (χ3v) is 8.03. The van der Waals surface area contributed by atoms with Crippen LogP contribution in [0.15, 0.2) is 79.0 Å². The van der Waals surface area contributed by atoms with Crippen LogP contribution in [0.4, 0.5) is 26.3 Å². The van der Waals surface area contributed by atoms with Gasteiger partial charge in [0, 0.05) is 35.7 Å². The van der Waals surface area contributed by atoms with Gasteiger partial charge in [0.1, 0.15) is 18.0 Å². The number of para-hydroxylation sites is 1. The molecule has 0 atom stereocenters. The zero-order valence-corrected chi connectivity index (χ0v) is 27.0. The van der Waals surface area contributed by atoms with Gasteiger partial charge in [-0.05, 0) is 46.5 Å². The van der Waals surface area contributed by atoms with E-state index in [2.05, 4.69) is 35.5 Å². The lowest BCUT2D eigenvalue weighted by molar-refractivity contribution is -0.274. The van der Waals surface area contributed by atoms with Crippen LogP contribution in [0, 0.1) is 0 Å². The molecular weight excluding hydrogens is 729 g/mol. The fourth-order valence-electron chi connectivity index (χ4n) is 5.09. The van der Waals surface area contributed by atoms with Gasteiger partial charge in [-0.15, -0.1) is 23.4 Å². The normalized spacial score (nSPS) is 11.9. The molecule has 0 fully saturated rings. The van der Waals surface area contributed by atoms with Crippen molar-refractivity contribution < 1.29 is 40.7 Å². The molecule has 0 spiro atoms. The lowest BCUT2D eigenvalue weighted by Gasteiger charge is -2.16. The van der Waals surface area contributed by atoms with Crippen LogP contribution in [0.5, 0.6) is 5.75 Å². The minimum absolute atomic E-state index is 0.0126. The van der Waals surface area contributed by atoms with E-state index >= 15 is 0 Å². The number of aromatic nitrogens is 7. The molecule has 0 aliphatic heterocycles. The van der Waals surface area contributed by atoms with E-state index in [1.807, 2.05) is 0 Å². The molecule has 6 aromatic rings. The summed E-state index contributed by atoms with van der Waals surface area (Å²) in [6.45, 7) is -0.797. The van der Waals surface area contributed by atoms with E-state index in [1.165, 1.54) is 48.7 Å². The van der Waals surface area contributed by atoms with Crippen molar-refractivity contribution in [3.8, 4) is 11.6 Å². The zero-order valence-electron chi connectivity index (χ0n) is 25.5. The van der Waals surface area contributed by atoms with Crippen molar-refractivity contribution in [1.29, 1.82) is 0 Å². The largest absolute Gasteiger partial charge is 0.573 e. The number of benzene rings is 3. The summed E-state index contributed by atoms with van der Waals surface area (Å²) >= 11 is 13.2. The average Bonchev–Trinajstić information content (AvgIpc) is 3.73. The number of fused-ring (bicyclic) bond motifs is 1. The molecule has 0 radical (unpaired) electrons. The van der Waals surface area contributed by atoms with Gasteiger partial charge >= 0.3 is 12.5 Å². The average molecular weight is 749 g/mol. The maximum absolute atomic E-state index is 14.1. The van der Waals surface area contributed by atoms with Crippen molar-refractivity contribution in [2.75, 3.05) is 0 Å². The summed E-state index contributed by atoms with van der Waals surface area (Å²) in [5.74, 6) is -3.39. The van der Waals surface area contributed by atoms with Crippen LogP contribution in [0.2, 0.25) is 10.0 Å². The SMILES string of the molecule is O=C(NCc1ccccc1OC(F)(F)F)c1cc2ccccc2c(Cl)c1CC(=O)c1cc(Cn2nnc(C(F)(F)F)n2)nn1-c1ncccc1Cl. The molecule has 3 aromatic carbocycles. The lowest BCUT2D eigenvalue weighted by Crippen LogP contribution is -2.26. The highest BCUT2D eigenvalue weighted by Crippen LogP contribution is 2.33. The number of ketones is 1. The fraction of sp³-hybridized carbons (Fsp3) is 0.156. The summed E-state index contributed by atoms with van der Waals surface area (Å²) < 4.78 is 83.3. The molecule has 19 heteroatoms. The number of nitrogens with one attached hydrogen (secondary N) is 1. The molecule has 262 valence electrons. The number of rotatable bonds is 10. The Balaban J connectivity index is 1.36. The standard InChI is InChI=1S/C32H20Cl2F6N8O3/c33-23-9-5-11-41-28(23)48-24(13-19(44-48)16-47-45-30(43-46-47)31(35,36)37)25(49)14-21-22(12-17-6-1-3-8-20(17)27(21)34)29(50)42-15-18-7-2-4-10-26(18)51-32(38,39)40/h1-13H,14-16H2,(H,42,50). The highest BCUT2D eigenvalue weighted by Gasteiger charge is 2.37. The first-order valence-corrected chi connectivity index (χ1v) is 15.3. The number of hydrogen-bond acceptors (Lipinski definition) is 8. The summed E-state index contributed by atoms with van der Waals surface area (Å²) in [6.07, 6.45) is -8.94. The number of carbonyl (C=O) groups is 2. The maximum Gasteiger partial charge on any atom is 0.573 e. The third kappa shape index (κ3) is 7.94. The van der Waals surface area contributed by atoms with Gasteiger partial charge < -0.3 is 10.1 Å². The minimum atomic E-state index is -4.97. The van der Waals surface area contributed by atoms with Crippen LogP contribution in [0.3, 0.4) is 0 Å². The Labute approximate surface area is 292 Å². The van der Waals surface area contributed by atoms with E-state index in [9.17, 15) is 35.9 Å². The number of alkyl halides is 6. The zero-order chi connectivity index (χ0) is 36.5. The van der Waals surface area contributed by atoms with Crippen LogP contribution in [0.1, 0.15) is 43.5 Å². The summed E-state index contributed by atoms with van der Waals surface area (Å²) in [4.78, 5) is 32.6. The number of nitrogens with zero attached hydrogens (tertiary/aromatic N) is 7. The van der Waals surface area contributed by atoms with Gasteiger partial charge in [-0.25, -0.2) is 9.67 Å². The van der Waals surface area contributed by atoms with Gasteiger partial charge in [0.25, 0.3) is 11.7 Å². The van der Waals surface area contributed by atoms with Crippen LogP contribution in [0.25, 0.3) is 16.6 Å². The van der Waals surface area contributed by atoms with Crippen LogP contribution >= 0.6 is 23.2 Å². The summed E-state index contributed by atoms with van der Waals surface area (Å²) in [6, 6.07) is 17.8. The second-order valence-electron chi connectivity index (χ2n) is 10.8. The molecule has 0 bridgehead atoms. The Morgan fingerprint density at radius 3 is 2.37 bits per heavy atom. The van der Waals surface area contributed by atoms with E-state index in [1.54, 1.807) is 24.3 Å². The molecule has 0 saturated carbocycles. The van der Waals surface area contributed by atoms with Gasteiger partial charge in [-0.1, -0.05) is 65.7 Å². The molecule has 0 unspecified atom stereocenters. The number of tetrazole rings is 1. The topological polar surface area (TPSA) is 130 Å². The van der Waals surface area contributed by atoms with Gasteiger partial charge in [0.2, 0.25) is 0 Å². The number of pyridine rings is 1. The van der Waals surface area contributed by atoms with Gasteiger partial charge in [-0.2, -0.15) is 23.1 Å². The predicted octanol–water partition coefficient (Wildman–Crippen LogP) is 7.03. The molecule has 1 amide bonds. The van der Waals surface area contributed by atoms with Crippen molar-refractivity contribution >= 4 is 45.7 Å². The van der Waals surface area contributed by atoms with E-state index in [4.69, 9.17) is 23.2 Å². The Bertz CT molecular complexity index is 2270. The molecule has 3 heterocycles. The van der Waals surface area contributed by atoms with E-state index in [-0.39, 0.29) is 50.5 Å². The van der Waals surface area contributed by atoms with Gasteiger partial charge in [0.15, 0.2) is 11.6 Å².